The zero-order chi connectivity index (χ0) is 19.8. The number of benzene rings is 1. The number of nitrogens with one attached hydrogen (secondary N) is 3. The van der Waals surface area contributed by atoms with Crippen LogP contribution < -0.4 is 20.9 Å². The minimum Gasteiger partial charge on any atom is -0.478 e. The second-order valence-electron chi connectivity index (χ2n) is 6.48. The maximum atomic E-state index is 13.1. The van der Waals surface area contributed by atoms with Crippen LogP contribution in [-0.2, 0) is 0 Å². The van der Waals surface area contributed by atoms with Gasteiger partial charge in [0.2, 0.25) is 5.95 Å². The van der Waals surface area contributed by atoms with Gasteiger partial charge in [-0.15, -0.1) is 0 Å². The molecule has 0 aliphatic carbocycles. The van der Waals surface area contributed by atoms with Crippen molar-refractivity contribution in [3.63, 3.8) is 0 Å². The number of nitrogens with zero attached hydrogens (tertiary/aromatic N) is 3. The molecule has 8 nitrogen and oxygen atoms in total. The van der Waals surface area contributed by atoms with Gasteiger partial charge < -0.3 is 26.0 Å². The molecule has 28 heavy (non-hydrogen) atoms. The maximum Gasteiger partial charge on any atom is 0.339 e. The van der Waals surface area contributed by atoms with Crippen molar-refractivity contribution in [1.29, 1.82) is 0 Å². The second kappa shape index (κ2) is 10.1. The molecule has 4 rings (SSSR count). The lowest BCUT2D eigenvalue weighted by molar-refractivity contribution is 0.0697. The van der Waals surface area contributed by atoms with Crippen LogP contribution in [0.25, 0.3) is 11.3 Å². The molecule has 0 spiro atoms. The molecule has 1 aromatic heterocycles. The molecule has 4 N–H and O–H groups in total. The Bertz CT molecular complexity index is 765. The molecule has 1 aromatic carbocycles. The highest BCUT2D eigenvalue weighted by Crippen LogP contribution is 2.24. The molecule has 2 aliphatic heterocycles. The highest BCUT2D eigenvalue weighted by atomic mass is 19.1. The quantitative estimate of drug-likeness (QED) is 0.605. The van der Waals surface area contributed by atoms with E-state index in [-0.39, 0.29) is 11.4 Å². The van der Waals surface area contributed by atoms with Gasteiger partial charge in [0.25, 0.3) is 0 Å². The Hall–Kier alpha value is -2.62. The van der Waals surface area contributed by atoms with Crippen LogP contribution in [0.2, 0.25) is 0 Å². The van der Waals surface area contributed by atoms with E-state index in [1.54, 1.807) is 0 Å². The Morgan fingerprint density at radius 3 is 2.07 bits per heavy atom. The summed E-state index contributed by atoms with van der Waals surface area (Å²) in [6.07, 6.45) is 1.31. The molecule has 2 saturated heterocycles. The van der Waals surface area contributed by atoms with Crippen molar-refractivity contribution in [1.82, 2.24) is 25.9 Å². The minimum absolute atomic E-state index is 0.00509. The van der Waals surface area contributed by atoms with E-state index >= 15 is 0 Å². The molecule has 9 heteroatoms. The zero-order valence-corrected chi connectivity index (χ0v) is 15.6. The lowest BCUT2D eigenvalue weighted by Crippen LogP contribution is -2.44. The van der Waals surface area contributed by atoms with Gasteiger partial charge >= 0.3 is 5.97 Å². The SMILES string of the molecule is C1CNCCN1.O=C(O)c1cnc(N2CCNCC2)nc1-c1ccc(F)cc1. The van der Waals surface area contributed by atoms with E-state index in [4.69, 9.17) is 0 Å². The number of aromatic nitrogens is 2. The first kappa shape index (κ1) is 20.1. The number of aromatic carboxylic acids is 1. The van der Waals surface area contributed by atoms with Gasteiger partial charge in [-0.3, -0.25) is 0 Å². The van der Waals surface area contributed by atoms with Crippen LogP contribution in [0.15, 0.2) is 30.5 Å². The number of carboxylic acid groups (broad SMARTS) is 1. The molecule has 2 fully saturated rings. The van der Waals surface area contributed by atoms with Crippen molar-refractivity contribution in [2.75, 3.05) is 57.3 Å². The fraction of sp³-hybridized carbons (Fsp3) is 0.421. The van der Waals surface area contributed by atoms with E-state index in [1.165, 1.54) is 30.5 Å². The standard InChI is InChI=1S/C15H15FN4O2.C4H10N2/c16-11-3-1-10(2-4-11)13-12(14(21)22)9-18-15(19-13)20-7-5-17-6-8-20;1-2-6-4-3-5-1/h1-4,9,17H,5-8H2,(H,21,22);5-6H,1-4H2. The van der Waals surface area contributed by atoms with Crippen molar-refractivity contribution in [3.8, 4) is 11.3 Å². The van der Waals surface area contributed by atoms with Gasteiger partial charge in [0.1, 0.15) is 11.4 Å². The maximum absolute atomic E-state index is 13.1. The van der Waals surface area contributed by atoms with Crippen LogP contribution in [0, 0.1) is 5.82 Å². The highest BCUT2D eigenvalue weighted by molar-refractivity contribution is 5.94. The molecule has 0 radical (unpaired) electrons. The third kappa shape index (κ3) is 5.44. The summed E-state index contributed by atoms with van der Waals surface area (Å²) in [5.74, 6) is -0.992. The molecule has 3 heterocycles. The van der Waals surface area contributed by atoms with Crippen LogP contribution in [-0.4, -0.2) is 73.4 Å². The monoisotopic (exact) mass is 388 g/mol. The summed E-state index contributed by atoms with van der Waals surface area (Å²) < 4.78 is 13.1. The van der Waals surface area contributed by atoms with E-state index in [2.05, 4.69) is 25.9 Å². The van der Waals surface area contributed by atoms with E-state index < -0.39 is 5.97 Å². The van der Waals surface area contributed by atoms with E-state index in [0.717, 1.165) is 52.4 Å². The number of hydrogen-bond acceptors (Lipinski definition) is 7. The average Bonchev–Trinajstić information content (AvgIpc) is 2.76. The predicted molar refractivity (Wildman–Crippen MR) is 105 cm³/mol. The Kier molecular flexibility index (Phi) is 7.24. The largest absolute Gasteiger partial charge is 0.478 e. The fourth-order valence-electron chi connectivity index (χ4n) is 2.98. The van der Waals surface area contributed by atoms with E-state index in [1.807, 2.05) is 4.90 Å². The first-order valence-corrected chi connectivity index (χ1v) is 9.38. The first-order valence-electron chi connectivity index (χ1n) is 9.38. The summed E-state index contributed by atoms with van der Waals surface area (Å²) in [6.45, 7) is 7.73. The van der Waals surface area contributed by atoms with E-state index in [0.29, 0.717) is 17.2 Å². The van der Waals surface area contributed by atoms with Crippen LogP contribution >= 0.6 is 0 Å². The smallest absolute Gasteiger partial charge is 0.339 e. The summed E-state index contributed by atoms with van der Waals surface area (Å²) >= 11 is 0. The molecule has 0 amide bonds. The Labute approximate surface area is 163 Å². The number of piperazine rings is 2. The van der Waals surface area contributed by atoms with Gasteiger partial charge in [0, 0.05) is 64.1 Å². The molecule has 150 valence electrons. The van der Waals surface area contributed by atoms with Crippen molar-refractivity contribution in [2.24, 2.45) is 0 Å². The molecule has 0 unspecified atom stereocenters. The molecule has 2 aliphatic rings. The topological polar surface area (TPSA) is 102 Å². The molecular formula is C19H25FN6O2. The molecule has 0 saturated carbocycles. The number of anilines is 1. The van der Waals surface area contributed by atoms with Crippen LogP contribution in [0.1, 0.15) is 10.4 Å². The number of rotatable bonds is 3. The third-order valence-electron chi connectivity index (χ3n) is 4.48. The number of carbonyl (C=O) groups is 1. The highest BCUT2D eigenvalue weighted by Gasteiger charge is 2.19. The molecular weight excluding hydrogens is 363 g/mol. The van der Waals surface area contributed by atoms with Gasteiger partial charge in [0.05, 0.1) is 5.69 Å². The van der Waals surface area contributed by atoms with Gasteiger partial charge in [-0.2, -0.15) is 0 Å². The molecule has 2 aromatic rings. The van der Waals surface area contributed by atoms with Crippen LogP contribution in [0.5, 0.6) is 0 Å². The van der Waals surface area contributed by atoms with Gasteiger partial charge in [-0.25, -0.2) is 19.2 Å². The lowest BCUT2D eigenvalue weighted by atomic mass is 10.1. The van der Waals surface area contributed by atoms with Gasteiger partial charge in [-0.05, 0) is 24.3 Å². The third-order valence-corrected chi connectivity index (χ3v) is 4.48. The fourth-order valence-corrected chi connectivity index (χ4v) is 2.98. The molecule has 0 bridgehead atoms. The number of hydrogen-bond donors (Lipinski definition) is 4. The zero-order valence-electron chi connectivity index (χ0n) is 15.6. The normalized spacial score (nSPS) is 16.8. The van der Waals surface area contributed by atoms with Crippen LogP contribution in [0.3, 0.4) is 0 Å². The second-order valence-corrected chi connectivity index (χ2v) is 6.48. The summed E-state index contributed by atoms with van der Waals surface area (Å²) in [4.78, 5) is 21.9. The van der Waals surface area contributed by atoms with E-state index in [9.17, 15) is 14.3 Å². The number of halogens is 1. The Morgan fingerprint density at radius 1 is 0.964 bits per heavy atom. The van der Waals surface area contributed by atoms with Crippen molar-refractivity contribution < 1.29 is 14.3 Å². The van der Waals surface area contributed by atoms with Crippen molar-refractivity contribution in [2.45, 2.75) is 0 Å². The predicted octanol–water partition coefficient (Wildman–Crippen LogP) is 0.570. The summed E-state index contributed by atoms with van der Waals surface area (Å²) in [5, 5.41) is 19.0. The van der Waals surface area contributed by atoms with Gasteiger partial charge in [0.15, 0.2) is 0 Å². The first-order chi connectivity index (χ1) is 13.6. The summed E-state index contributed by atoms with van der Waals surface area (Å²) in [5.41, 5.74) is 0.860. The summed E-state index contributed by atoms with van der Waals surface area (Å²) in [7, 11) is 0. The van der Waals surface area contributed by atoms with Crippen molar-refractivity contribution in [3.05, 3.63) is 41.8 Å². The van der Waals surface area contributed by atoms with Crippen LogP contribution in [0.4, 0.5) is 10.3 Å². The Balaban J connectivity index is 0.000000320. The van der Waals surface area contributed by atoms with Crippen molar-refractivity contribution >= 4 is 11.9 Å². The minimum atomic E-state index is -1.11. The number of carboxylic acids is 1. The lowest BCUT2D eigenvalue weighted by Gasteiger charge is -2.27. The summed E-state index contributed by atoms with van der Waals surface area (Å²) in [6, 6.07) is 5.61. The molecule has 0 atom stereocenters. The van der Waals surface area contributed by atoms with Gasteiger partial charge in [-0.1, -0.05) is 0 Å². The average molecular weight is 388 g/mol. The Morgan fingerprint density at radius 2 is 1.54 bits per heavy atom.